The molecule has 0 spiro atoms. The van der Waals surface area contributed by atoms with Crippen LogP contribution in [0, 0.1) is 0 Å². The minimum Gasteiger partial charge on any atom is -0.303 e. The molecule has 1 saturated heterocycles. The van der Waals surface area contributed by atoms with Crippen LogP contribution < -0.4 is 0 Å². The Morgan fingerprint density at radius 2 is 1.55 bits per heavy atom. The quantitative estimate of drug-likeness (QED) is 0.820. The Morgan fingerprint density at radius 3 is 1.85 bits per heavy atom. The minimum absolute atomic E-state index is 0.300. The van der Waals surface area contributed by atoms with Gasteiger partial charge in [0.2, 0.25) is 0 Å². The predicted molar refractivity (Wildman–Crippen MR) is 85.9 cm³/mol. The summed E-state index contributed by atoms with van der Waals surface area (Å²) in [7, 11) is 6.68. The normalized spacial score (nSPS) is 20.1. The zero-order valence-electron chi connectivity index (χ0n) is 13.7. The standard InChI is InChI=1S/C11H25N3.C5H5N/c1-6-14(5)11(2)9-12(3)7-8-13(4)10-11;1-2-4-6-5-3-1/h6-10H2,1-5H3;1-5H. The van der Waals surface area contributed by atoms with Crippen LogP contribution in [0.2, 0.25) is 0 Å². The average molecular weight is 278 g/mol. The van der Waals surface area contributed by atoms with Crippen LogP contribution in [-0.4, -0.2) is 79.1 Å². The predicted octanol–water partition coefficient (Wildman–Crippen LogP) is 1.66. The maximum Gasteiger partial charge on any atom is 0.0431 e. The largest absolute Gasteiger partial charge is 0.303 e. The van der Waals surface area contributed by atoms with Crippen molar-refractivity contribution < 1.29 is 0 Å². The van der Waals surface area contributed by atoms with E-state index in [1.54, 1.807) is 12.4 Å². The van der Waals surface area contributed by atoms with Crippen molar-refractivity contribution >= 4 is 0 Å². The highest BCUT2D eigenvalue weighted by Gasteiger charge is 2.33. The third kappa shape index (κ3) is 5.57. The summed E-state index contributed by atoms with van der Waals surface area (Å²) in [5.74, 6) is 0. The van der Waals surface area contributed by atoms with Crippen molar-refractivity contribution in [2.24, 2.45) is 0 Å². The lowest BCUT2D eigenvalue weighted by atomic mass is 9.99. The fourth-order valence-corrected chi connectivity index (χ4v) is 2.65. The molecule has 0 radical (unpaired) electrons. The Morgan fingerprint density at radius 1 is 1.05 bits per heavy atom. The van der Waals surface area contributed by atoms with Gasteiger partial charge in [0.1, 0.15) is 0 Å². The Balaban J connectivity index is 0.000000276. The highest BCUT2D eigenvalue weighted by atomic mass is 15.3. The smallest absolute Gasteiger partial charge is 0.0431 e. The third-order valence-corrected chi connectivity index (χ3v) is 4.05. The van der Waals surface area contributed by atoms with E-state index in [2.05, 4.69) is 54.7 Å². The Labute approximate surface area is 124 Å². The van der Waals surface area contributed by atoms with E-state index in [0.717, 1.165) is 6.54 Å². The van der Waals surface area contributed by atoms with Gasteiger partial charge in [-0.15, -0.1) is 0 Å². The number of rotatable bonds is 2. The molecule has 2 rings (SSSR count). The van der Waals surface area contributed by atoms with Crippen LogP contribution in [0.5, 0.6) is 0 Å². The van der Waals surface area contributed by atoms with Crippen LogP contribution in [0.3, 0.4) is 0 Å². The van der Waals surface area contributed by atoms with Gasteiger partial charge in [-0.25, -0.2) is 0 Å². The first-order valence-corrected chi connectivity index (χ1v) is 7.41. The molecule has 1 aliphatic rings. The second kappa shape index (κ2) is 8.35. The molecule has 0 aliphatic carbocycles. The Hall–Kier alpha value is -0.970. The summed E-state index contributed by atoms with van der Waals surface area (Å²) in [4.78, 5) is 11.1. The maximum atomic E-state index is 3.78. The van der Waals surface area contributed by atoms with Gasteiger partial charge in [0.15, 0.2) is 0 Å². The molecular weight excluding hydrogens is 248 g/mol. The van der Waals surface area contributed by atoms with Gasteiger partial charge in [-0.1, -0.05) is 13.0 Å². The number of pyridine rings is 1. The van der Waals surface area contributed by atoms with Crippen molar-refractivity contribution in [2.45, 2.75) is 19.4 Å². The molecule has 0 saturated carbocycles. The molecule has 1 aromatic heterocycles. The molecule has 4 heteroatoms. The third-order valence-electron chi connectivity index (χ3n) is 4.05. The molecule has 20 heavy (non-hydrogen) atoms. The number of hydrogen-bond donors (Lipinski definition) is 0. The van der Waals surface area contributed by atoms with E-state index in [9.17, 15) is 0 Å². The van der Waals surface area contributed by atoms with Crippen LogP contribution in [0.1, 0.15) is 13.8 Å². The van der Waals surface area contributed by atoms with E-state index < -0.39 is 0 Å². The van der Waals surface area contributed by atoms with E-state index in [1.165, 1.54) is 26.2 Å². The van der Waals surface area contributed by atoms with Gasteiger partial charge in [-0.2, -0.15) is 0 Å². The number of likely N-dealkylation sites (N-methyl/N-ethyl adjacent to an activating group) is 3. The van der Waals surface area contributed by atoms with Crippen molar-refractivity contribution in [2.75, 3.05) is 53.9 Å². The lowest BCUT2D eigenvalue weighted by Gasteiger charge is -2.40. The summed E-state index contributed by atoms with van der Waals surface area (Å²) in [6.07, 6.45) is 3.50. The van der Waals surface area contributed by atoms with Crippen LogP contribution >= 0.6 is 0 Å². The van der Waals surface area contributed by atoms with Gasteiger partial charge < -0.3 is 9.80 Å². The highest BCUT2D eigenvalue weighted by Crippen LogP contribution is 2.18. The summed E-state index contributed by atoms with van der Waals surface area (Å²) >= 11 is 0. The molecule has 2 heterocycles. The van der Waals surface area contributed by atoms with Crippen LogP contribution in [0.4, 0.5) is 0 Å². The van der Waals surface area contributed by atoms with Crippen LogP contribution in [0.15, 0.2) is 30.6 Å². The van der Waals surface area contributed by atoms with Crippen molar-refractivity contribution in [3.05, 3.63) is 30.6 Å². The first-order chi connectivity index (χ1) is 9.48. The summed E-state index contributed by atoms with van der Waals surface area (Å²) in [5.41, 5.74) is 0.300. The molecule has 0 amide bonds. The monoisotopic (exact) mass is 278 g/mol. The lowest BCUT2D eigenvalue weighted by Crippen LogP contribution is -2.54. The maximum absolute atomic E-state index is 3.78. The second-order valence-electron chi connectivity index (χ2n) is 6.01. The summed E-state index contributed by atoms with van der Waals surface area (Å²) < 4.78 is 0. The number of hydrogen-bond acceptors (Lipinski definition) is 4. The molecule has 0 aromatic carbocycles. The molecule has 1 aromatic rings. The topological polar surface area (TPSA) is 22.6 Å². The number of nitrogens with zero attached hydrogens (tertiary/aromatic N) is 4. The van der Waals surface area contributed by atoms with Crippen molar-refractivity contribution in [3.63, 3.8) is 0 Å². The number of aromatic nitrogens is 1. The van der Waals surface area contributed by atoms with E-state index >= 15 is 0 Å². The van der Waals surface area contributed by atoms with E-state index in [4.69, 9.17) is 0 Å². The van der Waals surface area contributed by atoms with E-state index in [0.29, 0.717) is 5.54 Å². The molecular formula is C16H30N4. The van der Waals surface area contributed by atoms with Gasteiger partial charge in [0.25, 0.3) is 0 Å². The second-order valence-corrected chi connectivity index (χ2v) is 6.01. The zero-order valence-corrected chi connectivity index (χ0v) is 13.7. The summed E-state index contributed by atoms with van der Waals surface area (Å²) in [6.45, 7) is 10.4. The SMILES string of the molecule is CCN(C)C1(C)CN(C)CCN(C)C1.c1ccncc1. The molecule has 1 fully saturated rings. The van der Waals surface area contributed by atoms with Crippen LogP contribution in [0.25, 0.3) is 0 Å². The van der Waals surface area contributed by atoms with E-state index in [-0.39, 0.29) is 0 Å². The average Bonchev–Trinajstić information content (AvgIpc) is 2.59. The van der Waals surface area contributed by atoms with Gasteiger partial charge >= 0.3 is 0 Å². The van der Waals surface area contributed by atoms with Gasteiger partial charge in [-0.05, 0) is 46.7 Å². The van der Waals surface area contributed by atoms with E-state index in [1.807, 2.05) is 18.2 Å². The van der Waals surface area contributed by atoms with Gasteiger partial charge in [0, 0.05) is 44.1 Å². The van der Waals surface area contributed by atoms with Crippen molar-refractivity contribution in [3.8, 4) is 0 Å². The fourth-order valence-electron chi connectivity index (χ4n) is 2.65. The molecule has 0 N–H and O–H groups in total. The lowest BCUT2D eigenvalue weighted by molar-refractivity contribution is 0.0938. The molecule has 4 nitrogen and oxygen atoms in total. The zero-order chi connectivity index (χ0) is 15.0. The molecule has 0 unspecified atom stereocenters. The van der Waals surface area contributed by atoms with Crippen molar-refractivity contribution in [1.29, 1.82) is 0 Å². The Bertz CT molecular complexity index is 316. The fraction of sp³-hybridized carbons (Fsp3) is 0.688. The Kier molecular flexibility index (Phi) is 7.13. The van der Waals surface area contributed by atoms with Crippen LogP contribution in [-0.2, 0) is 0 Å². The summed E-state index contributed by atoms with van der Waals surface area (Å²) in [6, 6.07) is 5.72. The summed E-state index contributed by atoms with van der Waals surface area (Å²) in [5, 5.41) is 0. The highest BCUT2D eigenvalue weighted by molar-refractivity contribution is 4.92. The molecule has 0 atom stereocenters. The molecule has 0 bridgehead atoms. The molecule has 1 aliphatic heterocycles. The first-order valence-electron chi connectivity index (χ1n) is 7.41. The van der Waals surface area contributed by atoms with Crippen molar-refractivity contribution in [1.82, 2.24) is 19.7 Å². The van der Waals surface area contributed by atoms with Gasteiger partial charge in [-0.3, -0.25) is 9.88 Å². The molecule has 114 valence electrons. The first kappa shape index (κ1) is 17.1. The van der Waals surface area contributed by atoms with Gasteiger partial charge in [0.05, 0.1) is 0 Å². The minimum atomic E-state index is 0.300.